The van der Waals surface area contributed by atoms with Gasteiger partial charge in [-0.15, -0.1) is 0 Å². The summed E-state index contributed by atoms with van der Waals surface area (Å²) in [5.41, 5.74) is 6.97. The smallest absolute Gasteiger partial charge is 0.182 e. The lowest BCUT2D eigenvalue weighted by atomic mass is 10.2. The largest absolute Gasteiger partial charge is 0.495 e. The van der Waals surface area contributed by atoms with Crippen LogP contribution in [0.3, 0.4) is 0 Å². The Bertz CT molecular complexity index is 685. The fraction of sp³-hybridized carbons (Fsp3) is 0.214. The molecular weight excluding hydrogens is 276 g/mol. The van der Waals surface area contributed by atoms with Crippen molar-refractivity contribution in [3.05, 3.63) is 48.3 Å². The summed E-state index contributed by atoms with van der Waals surface area (Å²) in [6, 6.07) is 8.18. The van der Waals surface area contributed by atoms with Gasteiger partial charge in [0.1, 0.15) is 10.6 Å². The van der Waals surface area contributed by atoms with Gasteiger partial charge in [0.05, 0.1) is 12.9 Å². The Balaban J connectivity index is 2.22. The minimum Gasteiger partial charge on any atom is -0.495 e. The predicted molar refractivity (Wildman–Crippen MR) is 77.4 cm³/mol. The minimum absolute atomic E-state index is 0.00102. The first kappa shape index (κ1) is 14.3. The van der Waals surface area contributed by atoms with Gasteiger partial charge in [0.2, 0.25) is 0 Å². The van der Waals surface area contributed by atoms with Crippen molar-refractivity contribution in [1.29, 1.82) is 0 Å². The van der Waals surface area contributed by atoms with Crippen molar-refractivity contribution in [2.24, 2.45) is 0 Å². The molecule has 20 heavy (non-hydrogen) atoms. The highest BCUT2D eigenvalue weighted by molar-refractivity contribution is 7.91. The number of nitrogens with two attached hydrogens (primary N) is 1. The molecule has 0 atom stereocenters. The molecule has 1 aromatic carbocycles. The van der Waals surface area contributed by atoms with Crippen molar-refractivity contribution in [2.45, 2.75) is 11.3 Å². The van der Waals surface area contributed by atoms with E-state index in [1.807, 2.05) is 6.07 Å². The van der Waals surface area contributed by atoms with E-state index in [0.29, 0.717) is 12.1 Å². The molecule has 0 aliphatic rings. The number of hydrogen-bond donors (Lipinski definition) is 1. The van der Waals surface area contributed by atoms with Crippen LogP contribution in [0.4, 0.5) is 5.69 Å². The summed E-state index contributed by atoms with van der Waals surface area (Å²) in [5.74, 6) is 0.273. The van der Waals surface area contributed by atoms with Crippen LogP contribution in [0, 0.1) is 0 Å². The number of rotatable bonds is 5. The SMILES string of the molecule is COc1cc(N)ccc1S(=O)(=O)CCc1cccnc1. The van der Waals surface area contributed by atoms with Gasteiger partial charge in [0.25, 0.3) is 0 Å². The van der Waals surface area contributed by atoms with Crippen molar-refractivity contribution >= 4 is 15.5 Å². The van der Waals surface area contributed by atoms with E-state index in [9.17, 15) is 8.42 Å². The molecule has 0 saturated heterocycles. The molecule has 0 spiro atoms. The van der Waals surface area contributed by atoms with Gasteiger partial charge in [-0.25, -0.2) is 8.42 Å². The Kier molecular flexibility index (Phi) is 4.24. The van der Waals surface area contributed by atoms with Crippen LogP contribution in [0.15, 0.2) is 47.6 Å². The maximum absolute atomic E-state index is 12.4. The average Bonchev–Trinajstić information content (AvgIpc) is 2.46. The monoisotopic (exact) mass is 292 g/mol. The normalized spacial score (nSPS) is 11.2. The lowest BCUT2D eigenvalue weighted by molar-refractivity contribution is 0.403. The number of nitrogens with zero attached hydrogens (tertiary/aromatic N) is 1. The second-order valence-corrected chi connectivity index (χ2v) is 6.42. The lowest BCUT2D eigenvalue weighted by Gasteiger charge is -2.10. The standard InChI is InChI=1S/C14H16N2O3S/c1-19-13-9-12(15)4-5-14(13)20(17,18)8-6-11-3-2-7-16-10-11/h2-5,7,9-10H,6,8,15H2,1H3. The second-order valence-electron chi connectivity index (χ2n) is 4.34. The summed E-state index contributed by atoms with van der Waals surface area (Å²) in [6.45, 7) is 0. The van der Waals surface area contributed by atoms with Gasteiger partial charge in [0, 0.05) is 24.1 Å². The van der Waals surface area contributed by atoms with Crippen molar-refractivity contribution in [3.63, 3.8) is 0 Å². The van der Waals surface area contributed by atoms with Gasteiger partial charge in [-0.1, -0.05) is 6.07 Å². The number of anilines is 1. The summed E-state index contributed by atoms with van der Waals surface area (Å²) in [4.78, 5) is 4.13. The third-order valence-corrected chi connectivity index (χ3v) is 4.65. The van der Waals surface area contributed by atoms with Crippen LogP contribution in [-0.4, -0.2) is 26.3 Å². The van der Waals surface area contributed by atoms with E-state index in [-0.39, 0.29) is 16.4 Å². The first-order valence-electron chi connectivity index (χ1n) is 6.08. The van der Waals surface area contributed by atoms with Crippen LogP contribution in [0.1, 0.15) is 5.56 Å². The van der Waals surface area contributed by atoms with E-state index in [1.165, 1.54) is 19.2 Å². The molecule has 0 radical (unpaired) electrons. The van der Waals surface area contributed by atoms with Crippen LogP contribution < -0.4 is 10.5 Å². The number of nitrogen functional groups attached to an aromatic ring is 1. The number of ether oxygens (including phenoxy) is 1. The molecule has 0 amide bonds. The van der Waals surface area contributed by atoms with Gasteiger partial charge in [-0.05, 0) is 30.2 Å². The molecule has 6 heteroatoms. The van der Waals surface area contributed by atoms with Crippen LogP contribution in [0.25, 0.3) is 0 Å². The number of methoxy groups -OCH3 is 1. The summed E-state index contributed by atoms with van der Waals surface area (Å²) >= 11 is 0. The molecule has 2 aromatic rings. The van der Waals surface area contributed by atoms with Crippen molar-refractivity contribution in [3.8, 4) is 5.75 Å². The highest BCUT2D eigenvalue weighted by atomic mass is 32.2. The third kappa shape index (κ3) is 3.27. The molecule has 0 saturated carbocycles. The zero-order valence-corrected chi connectivity index (χ0v) is 11.9. The van der Waals surface area contributed by atoms with E-state index in [1.54, 1.807) is 24.5 Å². The van der Waals surface area contributed by atoms with Crippen LogP contribution in [0.2, 0.25) is 0 Å². The molecule has 2 N–H and O–H groups in total. The van der Waals surface area contributed by atoms with Gasteiger partial charge < -0.3 is 10.5 Å². The Morgan fingerprint density at radius 1 is 1.30 bits per heavy atom. The summed E-state index contributed by atoms with van der Waals surface area (Å²) in [5, 5.41) is 0. The van der Waals surface area contributed by atoms with Crippen LogP contribution >= 0.6 is 0 Å². The van der Waals surface area contributed by atoms with Crippen molar-refractivity contribution in [2.75, 3.05) is 18.6 Å². The Hall–Kier alpha value is -2.08. The predicted octanol–water partition coefficient (Wildman–Crippen LogP) is 1.69. The van der Waals surface area contributed by atoms with E-state index >= 15 is 0 Å². The Morgan fingerprint density at radius 3 is 2.75 bits per heavy atom. The summed E-state index contributed by atoms with van der Waals surface area (Å²) in [6.07, 6.45) is 3.72. The van der Waals surface area contributed by atoms with Crippen LogP contribution in [-0.2, 0) is 16.3 Å². The molecule has 1 aromatic heterocycles. The Labute approximate surface area is 118 Å². The maximum atomic E-state index is 12.4. The minimum atomic E-state index is -3.43. The van der Waals surface area contributed by atoms with Gasteiger partial charge in [-0.3, -0.25) is 4.98 Å². The number of benzene rings is 1. The van der Waals surface area contributed by atoms with Gasteiger partial charge >= 0.3 is 0 Å². The first-order valence-corrected chi connectivity index (χ1v) is 7.73. The second kappa shape index (κ2) is 5.92. The first-order chi connectivity index (χ1) is 9.53. The van der Waals surface area contributed by atoms with Crippen LogP contribution in [0.5, 0.6) is 5.75 Å². The molecule has 0 aliphatic carbocycles. The van der Waals surface area contributed by atoms with Gasteiger partial charge in [0.15, 0.2) is 9.84 Å². The van der Waals surface area contributed by atoms with Gasteiger partial charge in [-0.2, -0.15) is 0 Å². The fourth-order valence-corrected chi connectivity index (χ4v) is 3.30. The molecule has 0 unspecified atom stereocenters. The number of hydrogen-bond acceptors (Lipinski definition) is 5. The van der Waals surface area contributed by atoms with E-state index in [4.69, 9.17) is 10.5 Å². The summed E-state index contributed by atoms with van der Waals surface area (Å²) in [7, 11) is -2.00. The maximum Gasteiger partial charge on any atom is 0.182 e. The zero-order chi connectivity index (χ0) is 14.6. The van der Waals surface area contributed by atoms with E-state index in [2.05, 4.69) is 4.98 Å². The molecule has 106 valence electrons. The molecule has 2 rings (SSSR count). The topological polar surface area (TPSA) is 82.3 Å². The number of aryl methyl sites for hydroxylation is 1. The molecule has 0 fully saturated rings. The third-order valence-electron chi connectivity index (χ3n) is 2.91. The fourth-order valence-electron chi connectivity index (χ4n) is 1.85. The highest BCUT2D eigenvalue weighted by Gasteiger charge is 2.19. The molecule has 0 bridgehead atoms. The number of pyridine rings is 1. The quantitative estimate of drug-likeness (QED) is 0.848. The molecule has 1 heterocycles. The number of aromatic nitrogens is 1. The lowest BCUT2D eigenvalue weighted by Crippen LogP contribution is -2.11. The molecular formula is C14H16N2O3S. The molecule has 5 nitrogen and oxygen atoms in total. The zero-order valence-electron chi connectivity index (χ0n) is 11.1. The summed E-state index contributed by atoms with van der Waals surface area (Å²) < 4.78 is 29.8. The average molecular weight is 292 g/mol. The Morgan fingerprint density at radius 2 is 2.10 bits per heavy atom. The number of sulfone groups is 1. The van der Waals surface area contributed by atoms with E-state index in [0.717, 1.165) is 5.56 Å². The van der Waals surface area contributed by atoms with Crippen molar-refractivity contribution in [1.82, 2.24) is 4.98 Å². The highest BCUT2D eigenvalue weighted by Crippen LogP contribution is 2.27. The molecule has 0 aliphatic heterocycles. The van der Waals surface area contributed by atoms with Crippen molar-refractivity contribution < 1.29 is 13.2 Å². The van der Waals surface area contributed by atoms with E-state index < -0.39 is 9.84 Å².